The van der Waals surface area contributed by atoms with Crippen LogP contribution < -0.4 is 11.1 Å². The van der Waals surface area contributed by atoms with Crippen LogP contribution in [0.15, 0.2) is 36.7 Å². The van der Waals surface area contributed by atoms with Gasteiger partial charge in [-0.1, -0.05) is 17.7 Å². The molecule has 4 nitrogen and oxygen atoms in total. The minimum atomic E-state index is 0.425. The van der Waals surface area contributed by atoms with E-state index in [4.69, 9.17) is 17.3 Å². The van der Waals surface area contributed by atoms with Crippen molar-refractivity contribution in [3.63, 3.8) is 0 Å². The first-order chi connectivity index (χ1) is 7.24. The monoisotopic (exact) mass is 220 g/mol. The first-order valence-electron chi connectivity index (χ1n) is 4.34. The Hall–Kier alpha value is -1.81. The maximum Gasteiger partial charge on any atom is 0.135 e. The molecule has 2 rings (SSSR count). The third-order valence-corrected chi connectivity index (χ3v) is 2.02. The van der Waals surface area contributed by atoms with Gasteiger partial charge in [0, 0.05) is 16.8 Å². The van der Waals surface area contributed by atoms with Gasteiger partial charge in [0.05, 0.1) is 0 Å². The minimum absolute atomic E-state index is 0.425. The summed E-state index contributed by atoms with van der Waals surface area (Å²) in [6.45, 7) is 0. The molecule has 0 aliphatic heterocycles. The van der Waals surface area contributed by atoms with E-state index in [9.17, 15) is 0 Å². The number of rotatable bonds is 2. The fourth-order valence-corrected chi connectivity index (χ4v) is 1.35. The van der Waals surface area contributed by atoms with Crippen LogP contribution >= 0.6 is 11.6 Å². The van der Waals surface area contributed by atoms with Gasteiger partial charge in [-0.05, 0) is 18.2 Å². The lowest BCUT2D eigenvalue weighted by molar-refractivity contribution is 1.18. The van der Waals surface area contributed by atoms with E-state index >= 15 is 0 Å². The Kier molecular flexibility index (Phi) is 2.69. The van der Waals surface area contributed by atoms with Crippen molar-refractivity contribution < 1.29 is 0 Å². The van der Waals surface area contributed by atoms with Crippen molar-refractivity contribution in [1.29, 1.82) is 0 Å². The molecule has 0 unspecified atom stereocenters. The molecule has 0 bridgehead atoms. The van der Waals surface area contributed by atoms with Crippen LogP contribution in [0.2, 0.25) is 5.02 Å². The average Bonchev–Trinajstić information content (AvgIpc) is 2.17. The summed E-state index contributed by atoms with van der Waals surface area (Å²) in [6, 6.07) is 9.02. The highest BCUT2D eigenvalue weighted by atomic mass is 35.5. The van der Waals surface area contributed by atoms with Gasteiger partial charge in [-0.25, -0.2) is 9.97 Å². The number of nitrogens with two attached hydrogens (primary N) is 1. The number of halogens is 1. The summed E-state index contributed by atoms with van der Waals surface area (Å²) < 4.78 is 0. The smallest absolute Gasteiger partial charge is 0.135 e. The zero-order valence-electron chi connectivity index (χ0n) is 7.81. The fraction of sp³-hybridized carbons (Fsp3) is 0. The molecular formula is C10H9ClN4. The molecule has 0 aliphatic carbocycles. The van der Waals surface area contributed by atoms with E-state index in [-0.39, 0.29) is 0 Å². The number of benzene rings is 1. The molecule has 0 spiro atoms. The standard InChI is InChI=1S/C10H9ClN4/c11-7-2-1-3-8(4-7)15-10-5-9(12)13-6-14-10/h1-6H,(H3,12,13,14,15). The molecule has 0 amide bonds. The third kappa shape index (κ3) is 2.57. The van der Waals surface area contributed by atoms with Crippen molar-refractivity contribution in [3.05, 3.63) is 41.7 Å². The lowest BCUT2D eigenvalue weighted by Gasteiger charge is -2.05. The van der Waals surface area contributed by atoms with Gasteiger partial charge in [-0.2, -0.15) is 0 Å². The summed E-state index contributed by atoms with van der Waals surface area (Å²) in [7, 11) is 0. The molecule has 0 saturated carbocycles. The average molecular weight is 221 g/mol. The highest BCUT2D eigenvalue weighted by molar-refractivity contribution is 6.30. The SMILES string of the molecule is Nc1cc(Nc2cccc(Cl)c2)ncn1. The summed E-state index contributed by atoms with van der Waals surface area (Å²) in [6.07, 6.45) is 1.40. The van der Waals surface area contributed by atoms with Crippen molar-refractivity contribution in [2.75, 3.05) is 11.1 Å². The van der Waals surface area contributed by atoms with Gasteiger partial charge >= 0.3 is 0 Å². The Morgan fingerprint density at radius 2 is 2.07 bits per heavy atom. The van der Waals surface area contributed by atoms with Crippen LogP contribution in [0.25, 0.3) is 0 Å². The largest absolute Gasteiger partial charge is 0.384 e. The first-order valence-corrected chi connectivity index (χ1v) is 4.72. The van der Waals surface area contributed by atoms with Gasteiger partial charge in [0.1, 0.15) is 18.0 Å². The topological polar surface area (TPSA) is 63.8 Å². The van der Waals surface area contributed by atoms with Crippen molar-refractivity contribution in [2.45, 2.75) is 0 Å². The molecule has 15 heavy (non-hydrogen) atoms. The molecule has 0 saturated heterocycles. The first kappa shape index (κ1) is 9.73. The van der Waals surface area contributed by atoms with E-state index in [1.807, 2.05) is 12.1 Å². The third-order valence-electron chi connectivity index (χ3n) is 1.79. The molecule has 0 fully saturated rings. The van der Waals surface area contributed by atoms with Gasteiger partial charge in [0.15, 0.2) is 0 Å². The fourth-order valence-electron chi connectivity index (χ4n) is 1.15. The van der Waals surface area contributed by atoms with Crippen LogP contribution in [-0.4, -0.2) is 9.97 Å². The quantitative estimate of drug-likeness (QED) is 0.816. The molecular weight excluding hydrogens is 212 g/mol. The Labute approximate surface area is 92.1 Å². The summed E-state index contributed by atoms with van der Waals surface area (Å²) in [5.41, 5.74) is 6.39. The zero-order valence-corrected chi connectivity index (χ0v) is 8.57. The molecule has 1 aromatic heterocycles. The summed E-state index contributed by atoms with van der Waals surface area (Å²) >= 11 is 5.84. The second-order valence-corrected chi connectivity index (χ2v) is 3.40. The molecule has 3 N–H and O–H groups in total. The number of nitrogens with zero attached hydrogens (tertiary/aromatic N) is 2. The van der Waals surface area contributed by atoms with E-state index in [0.29, 0.717) is 16.7 Å². The summed E-state index contributed by atoms with van der Waals surface area (Å²) in [5.74, 6) is 1.07. The number of nitrogens with one attached hydrogen (secondary N) is 1. The van der Waals surface area contributed by atoms with Gasteiger partial charge in [0.25, 0.3) is 0 Å². The Balaban J connectivity index is 2.22. The van der Waals surface area contributed by atoms with E-state index in [0.717, 1.165) is 5.69 Å². The Morgan fingerprint density at radius 1 is 1.20 bits per heavy atom. The van der Waals surface area contributed by atoms with E-state index < -0.39 is 0 Å². The predicted molar refractivity (Wildman–Crippen MR) is 61.2 cm³/mol. The molecule has 5 heteroatoms. The van der Waals surface area contributed by atoms with Crippen LogP contribution in [0.1, 0.15) is 0 Å². The Bertz CT molecular complexity index is 429. The highest BCUT2D eigenvalue weighted by Gasteiger charge is 1.97. The van der Waals surface area contributed by atoms with Crippen LogP contribution in [-0.2, 0) is 0 Å². The van der Waals surface area contributed by atoms with Crippen LogP contribution in [0.5, 0.6) is 0 Å². The van der Waals surface area contributed by atoms with Crippen LogP contribution in [0.3, 0.4) is 0 Å². The normalized spacial score (nSPS) is 9.93. The maximum atomic E-state index is 5.84. The predicted octanol–water partition coefficient (Wildman–Crippen LogP) is 2.46. The summed E-state index contributed by atoms with van der Waals surface area (Å²) in [4.78, 5) is 7.82. The highest BCUT2D eigenvalue weighted by Crippen LogP contribution is 2.18. The molecule has 2 aromatic rings. The number of anilines is 3. The lowest BCUT2D eigenvalue weighted by atomic mass is 10.3. The van der Waals surface area contributed by atoms with Crippen molar-refractivity contribution in [2.24, 2.45) is 0 Å². The molecule has 0 aliphatic rings. The van der Waals surface area contributed by atoms with Crippen molar-refractivity contribution >= 4 is 28.9 Å². The van der Waals surface area contributed by atoms with E-state index in [1.54, 1.807) is 18.2 Å². The van der Waals surface area contributed by atoms with Crippen LogP contribution in [0, 0.1) is 0 Å². The van der Waals surface area contributed by atoms with E-state index in [1.165, 1.54) is 6.33 Å². The molecule has 1 heterocycles. The van der Waals surface area contributed by atoms with Crippen molar-refractivity contribution in [1.82, 2.24) is 9.97 Å². The Morgan fingerprint density at radius 3 is 2.80 bits per heavy atom. The van der Waals surface area contributed by atoms with Crippen molar-refractivity contribution in [3.8, 4) is 0 Å². The molecule has 1 aromatic carbocycles. The van der Waals surface area contributed by atoms with Crippen LogP contribution in [0.4, 0.5) is 17.3 Å². The minimum Gasteiger partial charge on any atom is -0.384 e. The summed E-state index contributed by atoms with van der Waals surface area (Å²) in [5, 5.41) is 3.74. The number of hydrogen-bond donors (Lipinski definition) is 2. The molecule has 0 radical (unpaired) electrons. The lowest BCUT2D eigenvalue weighted by Crippen LogP contribution is -1.96. The van der Waals surface area contributed by atoms with E-state index in [2.05, 4.69) is 15.3 Å². The molecule has 76 valence electrons. The zero-order chi connectivity index (χ0) is 10.7. The second-order valence-electron chi connectivity index (χ2n) is 2.96. The van der Waals surface area contributed by atoms with Gasteiger partial charge < -0.3 is 11.1 Å². The van der Waals surface area contributed by atoms with Gasteiger partial charge in [0.2, 0.25) is 0 Å². The maximum absolute atomic E-state index is 5.84. The number of aromatic nitrogens is 2. The number of nitrogen functional groups attached to an aromatic ring is 1. The molecule has 0 atom stereocenters. The van der Waals surface area contributed by atoms with Gasteiger partial charge in [-0.15, -0.1) is 0 Å². The van der Waals surface area contributed by atoms with Gasteiger partial charge in [-0.3, -0.25) is 0 Å². The number of hydrogen-bond acceptors (Lipinski definition) is 4. The second kappa shape index (κ2) is 4.14.